The lowest BCUT2D eigenvalue weighted by Crippen LogP contribution is -1.68. The smallest absolute Gasteiger partial charge is 0.0268 e. The minimum absolute atomic E-state index is 1.75. The summed E-state index contributed by atoms with van der Waals surface area (Å²) in [6.07, 6.45) is 7.28. The van der Waals surface area contributed by atoms with Gasteiger partial charge in [0.1, 0.15) is 0 Å². The predicted molar refractivity (Wildman–Crippen MR) is 20.4 cm³/mol. The summed E-state index contributed by atoms with van der Waals surface area (Å²) in [6.45, 7) is 0. The lowest BCUT2D eigenvalue weighted by atomic mass is 10.6. The molecule has 1 heterocycles. The van der Waals surface area contributed by atoms with Crippen molar-refractivity contribution in [3.63, 3.8) is 0 Å². The van der Waals surface area contributed by atoms with E-state index < -0.39 is 0 Å². The Kier molecular flexibility index (Phi) is 0.468. The zero-order valence-electron chi connectivity index (χ0n) is 2.76. The molecule has 0 saturated heterocycles. The van der Waals surface area contributed by atoms with Crippen molar-refractivity contribution in [3.8, 4) is 0 Å². The lowest BCUT2D eigenvalue weighted by molar-refractivity contribution is 1.21. The van der Waals surface area contributed by atoms with Crippen molar-refractivity contribution in [1.82, 2.24) is 5.32 Å². The van der Waals surface area contributed by atoms with E-state index in [1.54, 1.807) is 12.4 Å². The summed E-state index contributed by atoms with van der Waals surface area (Å²) in [5.41, 5.74) is 0. The van der Waals surface area contributed by atoms with Gasteiger partial charge in [-0.3, -0.25) is 5.32 Å². The van der Waals surface area contributed by atoms with Crippen LogP contribution in [-0.4, -0.2) is 0 Å². The summed E-state index contributed by atoms with van der Waals surface area (Å²) in [5.74, 6) is 0. The molecule has 1 heteroatoms. The molecule has 0 spiro atoms. The van der Waals surface area contributed by atoms with Crippen LogP contribution in [0, 0.1) is 0 Å². The van der Waals surface area contributed by atoms with Gasteiger partial charge < -0.3 is 0 Å². The quantitative estimate of drug-likeness (QED) is 0.394. The molecule has 0 fully saturated rings. The van der Waals surface area contributed by atoms with E-state index in [-0.39, 0.29) is 0 Å². The fourth-order valence-corrected chi connectivity index (χ4v) is 0.248. The molecule has 0 aromatic rings. The van der Waals surface area contributed by atoms with Gasteiger partial charge in [-0.05, 0) is 12.2 Å². The molecule has 0 saturated carbocycles. The Bertz CT molecular complexity index is 61.7. The Morgan fingerprint density at radius 1 is 1.00 bits per heavy atom. The van der Waals surface area contributed by atoms with Crippen LogP contribution in [0.3, 0.4) is 0 Å². The SMILES string of the molecule is C1=C[N]C=C1. The molecule has 0 unspecified atom stereocenters. The highest BCUT2D eigenvalue weighted by molar-refractivity contribution is 5.08. The maximum Gasteiger partial charge on any atom is 0.0268 e. The van der Waals surface area contributed by atoms with Crippen LogP contribution in [0.25, 0.3) is 0 Å². The number of hydrogen-bond donors (Lipinski definition) is 0. The Morgan fingerprint density at radius 2 is 1.60 bits per heavy atom. The van der Waals surface area contributed by atoms with Gasteiger partial charge in [-0.25, -0.2) is 0 Å². The van der Waals surface area contributed by atoms with Crippen LogP contribution >= 0.6 is 0 Å². The maximum absolute atomic E-state index is 3.72. The third-order valence-electron chi connectivity index (χ3n) is 0.455. The van der Waals surface area contributed by atoms with E-state index in [0.717, 1.165) is 0 Å². The second kappa shape index (κ2) is 0.931. The molecule has 25 valence electrons. The molecule has 0 atom stereocenters. The van der Waals surface area contributed by atoms with E-state index in [1.165, 1.54) is 0 Å². The molecule has 0 aliphatic carbocycles. The summed E-state index contributed by atoms with van der Waals surface area (Å²) in [6, 6.07) is 0. The first-order valence-electron chi connectivity index (χ1n) is 1.52. The van der Waals surface area contributed by atoms with Crippen molar-refractivity contribution in [2.75, 3.05) is 0 Å². The fourth-order valence-electron chi connectivity index (χ4n) is 0.248. The predicted octanol–water partition coefficient (Wildman–Crippen LogP) is 0.632. The van der Waals surface area contributed by atoms with Gasteiger partial charge in [0, 0.05) is 12.4 Å². The van der Waals surface area contributed by atoms with Crippen LogP contribution in [0.1, 0.15) is 0 Å². The van der Waals surface area contributed by atoms with Crippen molar-refractivity contribution in [1.29, 1.82) is 0 Å². The Balaban J connectivity index is 2.61. The van der Waals surface area contributed by atoms with E-state index in [0.29, 0.717) is 0 Å². The molecular formula is C4H4N. The third-order valence-corrected chi connectivity index (χ3v) is 0.455. The zero-order chi connectivity index (χ0) is 3.54. The van der Waals surface area contributed by atoms with Crippen LogP contribution in [-0.2, 0) is 0 Å². The molecule has 0 bridgehead atoms. The summed E-state index contributed by atoms with van der Waals surface area (Å²) in [4.78, 5) is 0. The molecule has 0 aromatic heterocycles. The standard InChI is InChI=1S/C4H4N/c1-2-4-5-3-1/h1-4H. The van der Waals surface area contributed by atoms with E-state index in [1.807, 2.05) is 12.2 Å². The highest BCUT2D eigenvalue weighted by atomic mass is 14.8. The molecule has 0 amide bonds. The molecule has 0 N–H and O–H groups in total. The number of allylic oxidation sites excluding steroid dienone is 2. The van der Waals surface area contributed by atoms with E-state index in [9.17, 15) is 0 Å². The van der Waals surface area contributed by atoms with Gasteiger partial charge >= 0.3 is 0 Å². The first-order valence-corrected chi connectivity index (χ1v) is 1.52. The largest absolute Gasteiger partial charge is 0.265 e. The van der Waals surface area contributed by atoms with E-state index in [2.05, 4.69) is 5.32 Å². The highest BCUT2D eigenvalue weighted by Crippen LogP contribution is 1.80. The molecule has 0 aromatic carbocycles. The highest BCUT2D eigenvalue weighted by Gasteiger charge is 1.71. The Labute approximate surface area is 31.0 Å². The molecule has 1 rings (SSSR count). The van der Waals surface area contributed by atoms with Gasteiger partial charge in [0.15, 0.2) is 0 Å². The molecule has 5 heavy (non-hydrogen) atoms. The van der Waals surface area contributed by atoms with Gasteiger partial charge in [-0.2, -0.15) is 0 Å². The zero-order valence-corrected chi connectivity index (χ0v) is 2.76. The third kappa shape index (κ3) is 0.293. The van der Waals surface area contributed by atoms with Crippen LogP contribution < -0.4 is 5.32 Å². The maximum atomic E-state index is 3.72. The van der Waals surface area contributed by atoms with Crippen molar-refractivity contribution in [2.24, 2.45) is 0 Å². The van der Waals surface area contributed by atoms with Gasteiger partial charge in [0.25, 0.3) is 0 Å². The minimum Gasteiger partial charge on any atom is -0.265 e. The van der Waals surface area contributed by atoms with E-state index >= 15 is 0 Å². The topological polar surface area (TPSA) is 14.1 Å². The number of rotatable bonds is 0. The Hall–Kier alpha value is -0.720. The van der Waals surface area contributed by atoms with Crippen molar-refractivity contribution in [2.45, 2.75) is 0 Å². The molecule has 1 aliphatic rings. The second-order valence-corrected chi connectivity index (χ2v) is 0.832. The molecular weight excluding hydrogens is 62.1 g/mol. The first-order chi connectivity index (χ1) is 2.50. The fraction of sp³-hybridized carbons (Fsp3) is 0. The summed E-state index contributed by atoms with van der Waals surface area (Å²) in [7, 11) is 0. The van der Waals surface area contributed by atoms with Crippen LogP contribution in [0.4, 0.5) is 0 Å². The van der Waals surface area contributed by atoms with Gasteiger partial charge in [-0.1, -0.05) is 0 Å². The number of hydrogen-bond acceptors (Lipinski definition) is 0. The second-order valence-electron chi connectivity index (χ2n) is 0.832. The average Bonchev–Trinajstić information content (AvgIpc) is 1.76. The summed E-state index contributed by atoms with van der Waals surface area (Å²) < 4.78 is 0. The first kappa shape index (κ1) is 2.51. The molecule has 1 nitrogen and oxygen atoms in total. The summed E-state index contributed by atoms with van der Waals surface area (Å²) >= 11 is 0. The lowest BCUT2D eigenvalue weighted by Gasteiger charge is -1.63. The minimum atomic E-state index is 1.75. The number of nitrogens with zero attached hydrogens (tertiary/aromatic N) is 1. The van der Waals surface area contributed by atoms with Crippen molar-refractivity contribution >= 4 is 0 Å². The van der Waals surface area contributed by atoms with Gasteiger partial charge in [0.2, 0.25) is 0 Å². The average molecular weight is 66.1 g/mol. The monoisotopic (exact) mass is 66.0 g/mol. The van der Waals surface area contributed by atoms with Crippen LogP contribution in [0.2, 0.25) is 0 Å². The summed E-state index contributed by atoms with van der Waals surface area (Å²) in [5, 5.41) is 3.72. The molecule has 1 aliphatic heterocycles. The van der Waals surface area contributed by atoms with Gasteiger partial charge in [0.05, 0.1) is 0 Å². The Morgan fingerprint density at radius 3 is 1.80 bits per heavy atom. The van der Waals surface area contributed by atoms with E-state index in [4.69, 9.17) is 0 Å². The van der Waals surface area contributed by atoms with Crippen LogP contribution in [0.5, 0.6) is 0 Å². The van der Waals surface area contributed by atoms with Gasteiger partial charge in [-0.15, -0.1) is 0 Å². The van der Waals surface area contributed by atoms with Crippen LogP contribution in [0.15, 0.2) is 24.6 Å². The van der Waals surface area contributed by atoms with Crippen molar-refractivity contribution in [3.05, 3.63) is 24.6 Å². The van der Waals surface area contributed by atoms with Crippen molar-refractivity contribution < 1.29 is 0 Å². The normalized spacial score (nSPS) is 16.0. The molecule has 1 radical (unpaired) electrons.